The maximum Gasteiger partial charge on any atom is 0.234 e. The molecule has 1 aromatic rings. The average molecular weight is 318 g/mol. The number of carbonyl (C=O) groups excluding carboxylic acids is 1. The number of hydrogen-bond acceptors (Lipinski definition) is 3. The summed E-state index contributed by atoms with van der Waals surface area (Å²) in [5.74, 6) is 0.506. The van der Waals surface area contributed by atoms with Gasteiger partial charge in [-0.2, -0.15) is 0 Å². The molecule has 1 amide bonds. The number of amides is 1. The highest BCUT2D eigenvalue weighted by atomic mass is 16.3. The predicted octanol–water partition coefficient (Wildman–Crippen LogP) is 2.78. The molecule has 1 unspecified atom stereocenters. The molecule has 4 nitrogen and oxygen atoms in total. The van der Waals surface area contributed by atoms with E-state index in [4.69, 9.17) is 0 Å². The SMILES string of the molecule is CC(C)CC(NC(=O)CNC1(CO)CCCC1)c1ccccc1. The first kappa shape index (κ1) is 18.0. The van der Waals surface area contributed by atoms with Gasteiger partial charge in [-0.1, -0.05) is 57.0 Å². The minimum absolute atomic E-state index is 0.000715. The standard InChI is InChI=1S/C19H30N2O2/c1-15(2)12-17(16-8-4-3-5-9-16)21-18(23)13-20-19(14-22)10-6-7-11-19/h3-5,8-9,15,17,20,22H,6-7,10-14H2,1-2H3,(H,21,23). The first-order chi connectivity index (χ1) is 11.0. The Hall–Kier alpha value is -1.39. The van der Waals surface area contributed by atoms with Crippen LogP contribution in [-0.4, -0.2) is 29.7 Å². The van der Waals surface area contributed by atoms with E-state index in [-0.39, 0.29) is 30.6 Å². The van der Waals surface area contributed by atoms with E-state index in [1.54, 1.807) is 0 Å². The molecule has 0 aromatic heterocycles. The molecule has 23 heavy (non-hydrogen) atoms. The van der Waals surface area contributed by atoms with E-state index in [0.717, 1.165) is 37.7 Å². The molecule has 4 heteroatoms. The molecule has 128 valence electrons. The smallest absolute Gasteiger partial charge is 0.234 e. The summed E-state index contributed by atoms with van der Waals surface area (Å²) in [6.45, 7) is 4.70. The number of carbonyl (C=O) groups is 1. The van der Waals surface area contributed by atoms with Crippen molar-refractivity contribution in [2.45, 2.75) is 57.5 Å². The Morgan fingerprint density at radius 2 is 1.87 bits per heavy atom. The number of rotatable bonds is 8. The van der Waals surface area contributed by atoms with Gasteiger partial charge in [-0.05, 0) is 30.7 Å². The summed E-state index contributed by atoms with van der Waals surface area (Å²) in [5.41, 5.74) is 0.893. The summed E-state index contributed by atoms with van der Waals surface area (Å²) in [6.07, 6.45) is 5.06. The summed E-state index contributed by atoms with van der Waals surface area (Å²) in [6, 6.07) is 10.2. The molecular weight excluding hydrogens is 288 g/mol. The van der Waals surface area contributed by atoms with Crippen LogP contribution in [-0.2, 0) is 4.79 Å². The molecule has 0 radical (unpaired) electrons. The third kappa shape index (κ3) is 5.33. The van der Waals surface area contributed by atoms with Gasteiger partial charge in [-0.25, -0.2) is 0 Å². The Kier molecular flexibility index (Phi) is 6.60. The van der Waals surface area contributed by atoms with Crippen LogP contribution in [0.3, 0.4) is 0 Å². The number of aliphatic hydroxyl groups excluding tert-OH is 1. The summed E-state index contributed by atoms with van der Waals surface area (Å²) < 4.78 is 0. The van der Waals surface area contributed by atoms with Crippen LogP contribution >= 0.6 is 0 Å². The zero-order valence-electron chi connectivity index (χ0n) is 14.3. The molecule has 0 saturated heterocycles. The van der Waals surface area contributed by atoms with Crippen molar-refractivity contribution in [3.63, 3.8) is 0 Å². The van der Waals surface area contributed by atoms with Gasteiger partial charge in [0, 0.05) is 5.54 Å². The zero-order valence-corrected chi connectivity index (χ0v) is 14.3. The number of hydrogen-bond donors (Lipinski definition) is 3. The molecule has 1 atom stereocenters. The normalized spacial score (nSPS) is 18.1. The lowest BCUT2D eigenvalue weighted by atomic mass is 9.96. The Balaban J connectivity index is 1.92. The fourth-order valence-corrected chi connectivity index (χ4v) is 3.39. The molecule has 1 aliphatic carbocycles. The van der Waals surface area contributed by atoms with Crippen molar-refractivity contribution >= 4 is 5.91 Å². The third-order valence-corrected chi connectivity index (χ3v) is 4.73. The highest BCUT2D eigenvalue weighted by Gasteiger charge is 2.33. The van der Waals surface area contributed by atoms with E-state index in [0.29, 0.717) is 5.92 Å². The maximum absolute atomic E-state index is 12.4. The van der Waals surface area contributed by atoms with Crippen molar-refractivity contribution in [1.82, 2.24) is 10.6 Å². The van der Waals surface area contributed by atoms with Crippen molar-refractivity contribution in [3.05, 3.63) is 35.9 Å². The molecule has 1 aromatic carbocycles. The summed E-state index contributed by atoms with van der Waals surface area (Å²) in [4.78, 5) is 12.4. The van der Waals surface area contributed by atoms with Gasteiger partial charge < -0.3 is 15.7 Å². The van der Waals surface area contributed by atoms with Crippen LogP contribution in [0.15, 0.2) is 30.3 Å². The van der Waals surface area contributed by atoms with Gasteiger partial charge in [0.15, 0.2) is 0 Å². The lowest BCUT2D eigenvalue weighted by Crippen LogP contribution is -2.50. The highest BCUT2D eigenvalue weighted by Crippen LogP contribution is 2.29. The van der Waals surface area contributed by atoms with Gasteiger partial charge in [0.1, 0.15) is 0 Å². The second-order valence-electron chi connectivity index (χ2n) is 7.16. The number of nitrogens with one attached hydrogen (secondary N) is 2. The van der Waals surface area contributed by atoms with Crippen molar-refractivity contribution < 1.29 is 9.90 Å². The average Bonchev–Trinajstić information content (AvgIpc) is 3.02. The lowest BCUT2D eigenvalue weighted by Gasteiger charge is -2.28. The second-order valence-corrected chi connectivity index (χ2v) is 7.16. The minimum Gasteiger partial charge on any atom is -0.394 e. The number of benzene rings is 1. The van der Waals surface area contributed by atoms with Crippen LogP contribution in [0.5, 0.6) is 0 Å². The van der Waals surface area contributed by atoms with Crippen LogP contribution in [0, 0.1) is 5.92 Å². The molecule has 1 fully saturated rings. The van der Waals surface area contributed by atoms with Gasteiger partial charge in [0.2, 0.25) is 5.91 Å². The third-order valence-electron chi connectivity index (χ3n) is 4.73. The maximum atomic E-state index is 12.4. The van der Waals surface area contributed by atoms with Crippen molar-refractivity contribution in [1.29, 1.82) is 0 Å². The van der Waals surface area contributed by atoms with Crippen LogP contribution in [0.25, 0.3) is 0 Å². The van der Waals surface area contributed by atoms with E-state index in [1.807, 2.05) is 18.2 Å². The van der Waals surface area contributed by atoms with E-state index < -0.39 is 0 Å². The molecule has 1 saturated carbocycles. The zero-order chi connectivity index (χ0) is 16.7. The monoisotopic (exact) mass is 318 g/mol. The molecule has 0 aliphatic heterocycles. The van der Waals surface area contributed by atoms with Gasteiger partial charge in [0.25, 0.3) is 0 Å². The van der Waals surface area contributed by atoms with E-state index in [9.17, 15) is 9.90 Å². The Labute approximate surface area is 139 Å². The van der Waals surface area contributed by atoms with Crippen LogP contribution in [0.2, 0.25) is 0 Å². The molecule has 0 bridgehead atoms. The van der Waals surface area contributed by atoms with Gasteiger partial charge in [-0.3, -0.25) is 4.79 Å². The van der Waals surface area contributed by atoms with Gasteiger partial charge >= 0.3 is 0 Å². The lowest BCUT2D eigenvalue weighted by molar-refractivity contribution is -0.121. The topological polar surface area (TPSA) is 61.4 Å². The number of aliphatic hydroxyl groups is 1. The Bertz CT molecular complexity index is 481. The first-order valence-electron chi connectivity index (χ1n) is 8.75. The van der Waals surface area contributed by atoms with Crippen LogP contribution in [0.4, 0.5) is 0 Å². The van der Waals surface area contributed by atoms with E-state index >= 15 is 0 Å². The molecule has 3 N–H and O–H groups in total. The fraction of sp³-hybridized carbons (Fsp3) is 0.632. The van der Waals surface area contributed by atoms with Crippen LogP contribution < -0.4 is 10.6 Å². The molecule has 2 rings (SSSR count). The summed E-state index contributed by atoms with van der Waals surface area (Å²) >= 11 is 0. The summed E-state index contributed by atoms with van der Waals surface area (Å²) in [5, 5.41) is 16.1. The Morgan fingerprint density at radius 1 is 1.22 bits per heavy atom. The van der Waals surface area contributed by atoms with Gasteiger partial charge in [-0.15, -0.1) is 0 Å². The first-order valence-corrected chi connectivity index (χ1v) is 8.75. The predicted molar refractivity (Wildman–Crippen MR) is 93.1 cm³/mol. The van der Waals surface area contributed by atoms with Crippen molar-refractivity contribution in [2.75, 3.05) is 13.2 Å². The highest BCUT2D eigenvalue weighted by molar-refractivity contribution is 5.78. The van der Waals surface area contributed by atoms with E-state index in [1.165, 1.54) is 0 Å². The fourth-order valence-electron chi connectivity index (χ4n) is 3.39. The molecular formula is C19H30N2O2. The minimum atomic E-state index is -0.252. The second kappa shape index (κ2) is 8.46. The van der Waals surface area contributed by atoms with Crippen molar-refractivity contribution in [2.24, 2.45) is 5.92 Å². The quantitative estimate of drug-likeness (QED) is 0.691. The molecule has 0 spiro atoms. The summed E-state index contributed by atoms with van der Waals surface area (Å²) in [7, 11) is 0. The molecule has 0 heterocycles. The largest absolute Gasteiger partial charge is 0.394 e. The van der Waals surface area contributed by atoms with Crippen LogP contribution in [0.1, 0.15) is 57.6 Å². The van der Waals surface area contributed by atoms with Gasteiger partial charge in [0.05, 0.1) is 19.2 Å². The van der Waals surface area contributed by atoms with Crippen molar-refractivity contribution in [3.8, 4) is 0 Å². The molecule has 1 aliphatic rings. The Morgan fingerprint density at radius 3 is 2.43 bits per heavy atom. The van der Waals surface area contributed by atoms with E-state index in [2.05, 4.69) is 36.6 Å².